The Hall–Kier alpha value is -1.93. The summed E-state index contributed by atoms with van der Waals surface area (Å²) in [5.74, 6) is -0.992. The van der Waals surface area contributed by atoms with Gasteiger partial charge in [-0.3, -0.25) is 14.9 Å². The minimum atomic E-state index is -0.691. The Morgan fingerprint density at radius 1 is 1.44 bits per heavy atom. The largest absolute Gasteiger partial charge is 0.433 e. The molecule has 0 saturated heterocycles. The zero-order valence-corrected chi connectivity index (χ0v) is 9.97. The average molecular weight is 257 g/mol. The molecule has 0 aliphatic heterocycles. The van der Waals surface area contributed by atoms with Crippen molar-refractivity contribution in [3.05, 3.63) is 28.0 Å². The summed E-state index contributed by atoms with van der Waals surface area (Å²) in [6.07, 6.45) is 0. The van der Waals surface area contributed by atoms with Crippen LogP contribution in [0.2, 0.25) is 0 Å². The average Bonchev–Trinajstić information content (AvgIpc) is 2.83. The summed E-state index contributed by atoms with van der Waals surface area (Å²) >= 11 is 0. The van der Waals surface area contributed by atoms with E-state index in [9.17, 15) is 14.9 Å². The second kappa shape index (κ2) is 7.41. The molecule has 0 atom stereocenters. The standard InChI is InChI=1S/C10H15N3O5/c1-17-7-6-11-4-5-12-10(14)8-2-3-9(18-8)13(15)16/h2-3,11H,4-7H2,1H3,(H,12,14). The first-order valence-electron chi connectivity index (χ1n) is 5.37. The van der Waals surface area contributed by atoms with E-state index in [4.69, 9.17) is 9.15 Å². The summed E-state index contributed by atoms with van der Waals surface area (Å²) in [6.45, 7) is 2.27. The van der Waals surface area contributed by atoms with Crippen LogP contribution in [0.25, 0.3) is 0 Å². The smallest absolute Gasteiger partial charge is 0.395 e. The van der Waals surface area contributed by atoms with Gasteiger partial charge in [-0.05, 0) is 6.07 Å². The number of ether oxygens (including phenoxy) is 1. The van der Waals surface area contributed by atoms with Crippen LogP contribution in [0.15, 0.2) is 16.5 Å². The van der Waals surface area contributed by atoms with Gasteiger partial charge < -0.3 is 19.8 Å². The maximum atomic E-state index is 11.5. The Morgan fingerprint density at radius 3 is 2.83 bits per heavy atom. The number of hydrogen-bond donors (Lipinski definition) is 2. The number of carbonyl (C=O) groups excluding carboxylic acids is 1. The van der Waals surface area contributed by atoms with Gasteiger partial charge in [0.05, 0.1) is 12.7 Å². The van der Waals surface area contributed by atoms with Gasteiger partial charge in [-0.25, -0.2) is 0 Å². The Kier molecular flexibility index (Phi) is 5.81. The third-order valence-corrected chi connectivity index (χ3v) is 2.07. The fraction of sp³-hybridized carbons (Fsp3) is 0.500. The fourth-order valence-corrected chi connectivity index (χ4v) is 1.20. The summed E-state index contributed by atoms with van der Waals surface area (Å²) in [7, 11) is 1.60. The molecule has 0 unspecified atom stereocenters. The van der Waals surface area contributed by atoms with Crippen LogP contribution in [0.4, 0.5) is 5.88 Å². The summed E-state index contributed by atoms with van der Waals surface area (Å²) in [5, 5.41) is 16.0. The second-order valence-electron chi connectivity index (χ2n) is 3.39. The van der Waals surface area contributed by atoms with E-state index >= 15 is 0 Å². The van der Waals surface area contributed by atoms with Crippen LogP contribution < -0.4 is 10.6 Å². The zero-order valence-electron chi connectivity index (χ0n) is 9.97. The van der Waals surface area contributed by atoms with Gasteiger partial charge in [0.1, 0.15) is 4.92 Å². The lowest BCUT2D eigenvalue weighted by molar-refractivity contribution is -0.402. The topological polar surface area (TPSA) is 107 Å². The van der Waals surface area contributed by atoms with Crippen molar-refractivity contribution in [3.8, 4) is 0 Å². The number of nitrogens with one attached hydrogen (secondary N) is 2. The first-order valence-corrected chi connectivity index (χ1v) is 5.37. The lowest BCUT2D eigenvalue weighted by Gasteiger charge is -2.04. The van der Waals surface area contributed by atoms with Gasteiger partial charge >= 0.3 is 5.88 Å². The van der Waals surface area contributed by atoms with Crippen molar-refractivity contribution in [2.24, 2.45) is 0 Å². The van der Waals surface area contributed by atoms with Crippen molar-refractivity contribution in [2.45, 2.75) is 0 Å². The Bertz CT molecular complexity index is 404. The van der Waals surface area contributed by atoms with E-state index in [1.54, 1.807) is 7.11 Å². The molecule has 0 radical (unpaired) electrons. The lowest BCUT2D eigenvalue weighted by Crippen LogP contribution is -2.32. The maximum absolute atomic E-state index is 11.5. The highest BCUT2D eigenvalue weighted by molar-refractivity contribution is 5.91. The van der Waals surface area contributed by atoms with Crippen LogP contribution in [0.5, 0.6) is 0 Å². The molecule has 1 amide bonds. The van der Waals surface area contributed by atoms with E-state index < -0.39 is 16.7 Å². The van der Waals surface area contributed by atoms with Crippen LogP contribution in [0.1, 0.15) is 10.6 Å². The van der Waals surface area contributed by atoms with E-state index in [-0.39, 0.29) is 5.76 Å². The summed E-state index contributed by atoms with van der Waals surface area (Å²) in [5.41, 5.74) is 0. The molecule has 100 valence electrons. The van der Waals surface area contributed by atoms with Crippen LogP contribution in [0.3, 0.4) is 0 Å². The molecular formula is C10H15N3O5. The monoisotopic (exact) mass is 257 g/mol. The highest BCUT2D eigenvalue weighted by atomic mass is 16.6. The van der Waals surface area contributed by atoms with Crippen LogP contribution in [-0.4, -0.2) is 44.2 Å². The molecule has 0 aliphatic rings. The predicted molar refractivity (Wildman–Crippen MR) is 62.4 cm³/mol. The second-order valence-corrected chi connectivity index (χ2v) is 3.39. The van der Waals surface area contributed by atoms with Crippen molar-refractivity contribution in [2.75, 3.05) is 33.4 Å². The normalized spacial score (nSPS) is 10.3. The molecule has 0 spiro atoms. The van der Waals surface area contributed by atoms with Gasteiger partial charge in [0, 0.05) is 26.7 Å². The highest BCUT2D eigenvalue weighted by Crippen LogP contribution is 2.15. The summed E-state index contributed by atoms with van der Waals surface area (Å²) in [4.78, 5) is 21.2. The fourth-order valence-electron chi connectivity index (χ4n) is 1.20. The molecule has 8 heteroatoms. The van der Waals surface area contributed by atoms with Crippen molar-refractivity contribution in [1.82, 2.24) is 10.6 Å². The quantitative estimate of drug-likeness (QED) is 0.390. The molecule has 0 saturated carbocycles. The highest BCUT2D eigenvalue weighted by Gasteiger charge is 2.16. The molecule has 2 N–H and O–H groups in total. The zero-order chi connectivity index (χ0) is 13.4. The molecule has 18 heavy (non-hydrogen) atoms. The number of amides is 1. The minimum Gasteiger partial charge on any atom is -0.395 e. The molecule has 0 aliphatic carbocycles. The molecule has 8 nitrogen and oxygen atoms in total. The molecular weight excluding hydrogens is 242 g/mol. The van der Waals surface area contributed by atoms with Crippen LogP contribution >= 0.6 is 0 Å². The van der Waals surface area contributed by atoms with E-state index in [1.165, 1.54) is 6.07 Å². The SMILES string of the molecule is COCCNCCNC(=O)c1ccc([N+](=O)[O-])o1. The first kappa shape index (κ1) is 14.1. The van der Waals surface area contributed by atoms with Gasteiger partial charge in [-0.15, -0.1) is 0 Å². The van der Waals surface area contributed by atoms with Crippen LogP contribution in [-0.2, 0) is 4.74 Å². The maximum Gasteiger partial charge on any atom is 0.433 e. The molecule has 1 aromatic rings. The van der Waals surface area contributed by atoms with Crippen molar-refractivity contribution in [3.63, 3.8) is 0 Å². The van der Waals surface area contributed by atoms with E-state index in [2.05, 4.69) is 10.6 Å². The molecule has 1 rings (SSSR count). The van der Waals surface area contributed by atoms with E-state index in [0.717, 1.165) is 6.07 Å². The number of carbonyl (C=O) groups is 1. The van der Waals surface area contributed by atoms with Crippen LogP contribution in [0, 0.1) is 10.1 Å². The van der Waals surface area contributed by atoms with Gasteiger partial charge in [0.2, 0.25) is 0 Å². The number of hydrogen-bond acceptors (Lipinski definition) is 6. The van der Waals surface area contributed by atoms with Gasteiger partial charge in [0.25, 0.3) is 5.91 Å². The molecule has 1 heterocycles. The van der Waals surface area contributed by atoms with E-state index in [0.29, 0.717) is 26.2 Å². The Morgan fingerprint density at radius 2 is 2.22 bits per heavy atom. The Labute approximate surface area is 103 Å². The summed E-state index contributed by atoms with van der Waals surface area (Å²) in [6, 6.07) is 2.41. The first-order chi connectivity index (χ1) is 8.65. The summed E-state index contributed by atoms with van der Waals surface area (Å²) < 4.78 is 9.59. The van der Waals surface area contributed by atoms with E-state index in [1.807, 2.05) is 0 Å². The number of furan rings is 1. The lowest BCUT2D eigenvalue weighted by atomic mass is 10.4. The van der Waals surface area contributed by atoms with Crippen molar-refractivity contribution >= 4 is 11.8 Å². The molecule has 0 bridgehead atoms. The number of rotatable bonds is 8. The third-order valence-electron chi connectivity index (χ3n) is 2.07. The predicted octanol–water partition coefficient (Wildman–Crippen LogP) is 0.154. The van der Waals surface area contributed by atoms with Gasteiger partial charge in [0.15, 0.2) is 5.76 Å². The number of nitrogens with zero attached hydrogens (tertiary/aromatic N) is 1. The third kappa shape index (κ3) is 4.52. The Balaban J connectivity index is 2.25. The minimum absolute atomic E-state index is 0.0707. The number of nitro groups is 1. The van der Waals surface area contributed by atoms with Gasteiger partial charge in [-0.1, -0.05) is 0 Å². The molecule has 1 aromatic heterocycles. The number of methoxy groups -OCH3 is 1. The molecule has 0 aromatic carbocycles. The van der Waals surface area contributed by atoms with Gasteiger partial charge in [-0.2, -0.15) is 0 Å². The van der Waals surface area contributed by atoms with Crippen molar-refractivity contribution in [1.29, 1.82) is 0 Å². The van der Waals surface area contributed by atoms with Crippen molar-refractivity contribution < 1.29 is 18.9 Å². The molecule has 0 fully saturated rings.